The molecule has 0 fully saturated rings. The van der Waals surface area contributed by atoms with Crippen molar-refractivity contribution in [1.82, 2.24) is 10.2 Å². The van der Waals surface area contributed by atoms with Crippen LogP contribution in [-0.2, 0) is 5.41 Å². The monoisotopic (exact) mass is 317 g/mol. The van der Waals surface area contributed by atoms with E-state index in [1.165, 1.54) is 16.2 Å². The van der Waals surface area contributed by atoms with Crippen LogP contribution in [0.4, 0.5) is 5.13 Å². The molecule has 0 atom stereocenters. The zero-order valence-corrected chi connectivity index (χ0v) is 12.2. The number of hydrogen-bond acceptors (Lipinski definition) is 5. The van der Waals surface area contributed by atoms with Crippen LogP contribution in [-0.4, -0.2) is 16.7 Å². The molecule has 0 saturated heterocycles. The molecular formula is C10H12BrN3S2. The van der Waals surface area contributed by atoms with Gasteiger partial charge in [-0.3, -0.25) is 0 Å². The summed E-state index contributed by atoms with van der Waals surface area (Å²) in [7, 11) is 0. The molecule has 86 valence electrons. The van der Waals surface area contributed by atoms with E-state index in [1.807, 2.05) is 0 Å². The molecular weight excluding hydrogens is 306 g/mol. The predicted octanol–water partition coefficient (Wildman–Crippen LogP) is 3.75. The smallest absolute Gasteiger partial charge is 0.206 e. The van der Waals surface area contributed by atoms with E-state index < -0.39 is 0 Å². The Kier molecular flexibility index (Phi) is 3.61. The molecule has 0 aliphatic rings. The third-order valence-electron chi connectivity index (χ3n) is 2.27. The van der Waals surface area contributed by atoms with Crippen molar-refractivity contribution in [2.75, 3.05) is 11.9 Å². The molecule has 0 aliphatic carbocycles. The third kappa shape index (κ3) is 2.81. The molecule has 6 heteroatoms. The summed E-state index contributed by atoms with van der Waals surface area (Å²) in [5, 5.41) is 14.2. The Hall–Kier alpha value is -0.460. The van der Waals surface area contributed by atoms with Gasteiger partial charge in [0.25, 0.3) is 0 Å². The quantitative estimate of drug-likeness (QED) is 0.933. The second-order valence-corrected chi connectivity index (χ2v) is 7.28. The summed E-state index contributed by atoms with van der Waals surface area (Å²) in [6.07, 6.45) is 0. The fraction of sp³-hybridized carbons (Fsp3) is 0.400. The minimum absolute atomic E-state index is 0.117. The molecule has 0 unspecified atom stereocenters. The molecule has 2 rings (SSSR count). The molecule has 0 amide bonds. The van der Waals surface area contributed by atoms with Gasteiger partial charge in [-0.25, -0.2) is 0 Å². The van der Waals surface area contributed by atoms with Gasteiger partial charge in [-0.1, -0.05) is 31.3 Å². The zero-order valence-electron chi connectivity index (χ0n) is 9.03. The maximum absolute atomic E-state index is 4.01. The van der Waals surface area contributed by atoms with E-state index in [9.17, 15) is 0 Å². The molecule has 3 nitrogen and oxygen atoms in total. The Bertz CT molecular complexity index is 450. The van der Waals surface area contributed by atoms with E-state index in [2.05, 4.69) is 62.8 Å². The number of anilines is 1. The van der Waals surface area contributed by atoms with Gasteiger partial charge >= 0.3 is 0 Å². The first kappa shape index (κ1) is 12.0. The first-order chi connectivity index (χ1) is 7.58. The van der Waals surface area contributed by atoms with E-state index in [0.29, 0.717) is 0 Å². The van der Waals surface area contributed by atoms with E-state index in [0.717, 1.165) is 15.6 Å². The van der Waals surface area contributed by atoms with E-state index in [4.69, 9.17) is 0 Å². The van der Waals surface area contributed by atoms with Crippen molar-refractivity contribution >= 4 is 43.7 Å². The molecule has 1 N–H and O–H groups in total. The van der Waals surface area contributed by atoms with Gasteiger partial charge in [0.2, 0.25) is 5.13 Å². The minimum atomic E-state index is 0.117. The first-order valence-corrected chi connectivity index (χ1v) is 7.34. The van der Waals surface area contributed by atoms with Gasteiger partial charge in [0.1, 0.15) is 0 Å². The Morgan fingerprint density at radius 1 is 1.44 bits per heavy atom. The average Bonchev–Trinajstić information content (AvgIpc) is 2.85. The standard InChI is InChI=1S/C10H12BrN3S2/c1-10(2,7-4-3-5-15-7)6-12-9-14-13-8(11)16-9/h3-5H,6H2,1-2H3,(H,12,14). The number of nitrogens with zero attached hydrogens (tertiary/aromatic N) is 2. The van der Waals surface area contributed by atoms with Crippen LogP contribution in [0.1, 0.15) is 18.7 Å². The molecule has 0 bridgehead atoms. The van der Waals surface area contributed by atoms with Gasteiger partial charge in [-0.15, -0.1) is 21.5 Å². The minimum Gasteiger partial charge on any atom is -0.359 e. The van der Waals surface area contributed by atoms with Crippen LogP contribution in [0.5, 0.6) is 0 Å². The summed E-state index contributed by atoms with van der Waals surface area (Å²) >= 11 is 6.60. The third-order valence-corrected chi connectivity index (χ3v) is 4.82. The molecule has 2 heterocycles. The molecule has 0 aromatic carbocycles. The Labute approximate surface area is 111 Å². The molecule has 0 aliphatic heterocycles. The molecule has 0 spiro atoms. The van der Waals surface area contributed by atoms with Crippen molar-refractivity contribution in [3.8, 4) is 0 Å². The highest BCUT2D eigenvalue weighted by Crippen LogP contribution is 2.28. The normalized spacial score (nSPS) is 11.7. The fourth-order valence-electron chi connectivity index (χ4n) is 1.32. The maximum atomic E-state index is 4.01. The molecule has 0 saturated carbocycles. The molecule has 2 aromatic rings. The second kappa shape index (κ2) is 4.81. The topological polar surface area (TPSA) is 37.8 Å². The largest absolute Gasteiger partial charge is 0.359 e. The van der Waals surface area contributed by atoms with E-state index in [1.54, 1.807) is 11.3 Å². The summed E-state index contributed by atoms with van der Waals surface area (Å²) in [5.41, 5.74) is 0.117. The van der Waals surface area contributed by atoms with Gasteiger partial charge in [0, 0.05) is 16.8 Å². The Morgan fingerprint density at radius 2 is 2.25 bits per heavy atom. The Balaban J connectivity index is 2.00. The number of thiophene rings is 1. The van der Waals surface area contributed by atoms with Crippen molar-refractivity contribution < 1.29 is 0 Å². The van der Waals surface area contributed by atoms with Crippen molar-refractivity contribution in [1.29, 1.82) is 0 Å². The first-order valence-electron chi connectivity index (χ1n) is 4.85. The van der Waals surface area contributed by atoms with Crippen molar-refractivity contribution in [3.63, 3.8) is 0 Å². The summed E-state index contributed by atoms with van der Waals surface area (Å²) in [5.74, 6) is 0. The van der Waals surface area contributed by atoms with Gasteiger partial charge < -0.3 is 5.32 Å². The van der Waals surface area contributed by atoms with Gasteiger partial charge in [0.15, 0.2) is 3.92 Å². The van der Waals surface area contributed by atoms with Gasteiger partial charge in [-0.2, -0.15) is 0 Å². The van der Waals surface area contributed by atoms with E-state index in [-0.39, 0.29) is 5.41 Å². The SMILES string of the molecule is CC(C)(CNc1nnc(Br)s1)c1cccs1. The van der Waals surface area contributed by atoms with Crippen LogP contribution in [0.15, 0.2) is 21.4 Å². The van der Waals surface area contributed by atoms with Gasteiger partial charge in [-0.05, 0) is 27.4 Å². The van der Waals surface area contributed by atoms with Crippen LogP contribution in [0.25, 0.3) is 0 Å². The highest BCUT2D eigenvalue weighted by atomic mass is 79.9. The summed E-state index contributed by atoms with van der Waals surface area (Å²) in [4.78, 5) is 1.38. The van der Waals surface area contributed by atoms with Crippen molar-refractivity contribution in [2.24, 2.45) is 0 Å². The number of hydrogen-bond donors (Lipinski definition) is 1. The Morgan fingerprint density at radius 3 is 2.81 bits per heavy atom. The van der Waals surface area contributed by atoms with Crippen LogP contribution < -0.4 is 5.32 Å². The maximum Gasteiger partial charge on any atom is 0.206 e. The van der Waals surface area contributed by atoms with Crippen molar-refractivity contribution in [2.45, 2.75) is 19.3 Å². The van der Waals surface area contributed by atoms with Gasteiger partial charge in [0.05, 0.1) is 0 Å². The fourth-order valence-corrected chi connectivity index (χ4v) is 3.18. The summed E-state index contributed by atoms with van der Waals surface area (Å²) in [6.45, 7) is 5.30. The number of rotatable bonds is 4. The molecule has 0 radical (unpaired) electrons. The number of nitrogens with one attached hydrogen (secondary N) is 1. The lowest BCUT2D eigenvalue weighted by Gasteiger charge is -2.23. The molecule has 16 heavy (non-hydrogen) atoms. The van der Waals surface area contributed by atoms with Crippen LogP contribution in [0.2, 0.25) is 0 Å². The second-order valence-electron chi connectivity index (χ2n) is 4.07. The predicted molar refractivity (Wildman–Crippen MR) is 73.4 cm³/mol. The van der Waals surface area contributed by atoms with E-state index >= 15 is 0 Å². The summed E-state index contributed by atoms with van der Waals surface area (Å²) < 4.78 is 0.809. The zero-order chi connectivity index (χ0) is 11.6. The van der Waals surface area contributed by atoms with Crippen LogP contribution >= 0.6 is 38.6 Å². The highest BCUT2D eigenvalue weighted by molar-refractivity contribution is 9.11. The van der Waals surface area contributed by atoms with Crippen molar-refractivity contribution in [3.05, 3.63) is 26.3 Å². The van der Waals surface area contributed by atoms with Crippen LogP contribution in [0.3, 0.4) is 0 Å². The lowest BCUT2D eigenvalue weighted by molar-refractivity contribution is 0.569. The number of halogens is 1. The lowest BCUT2D eigenvalue weighted by atomic mass is 9.92. The highest BCUT2D eigenvalue weighted by Gasteiger charge is 2.21. The summed E-state index contributed by atoms with van der Waals surface area (Å²) in [6, 6.07) is 4.26. The van der Waals surface area contributed by atoms with Crippen LogP contribution in [0, 0.1) is 0 Å². The number of aromatic nitrogens is 2. The molecule has 2 aromatic heterocycles. The lowest BCUT2D eigenvalue weighted by Crippen LogP contribution is -2.26. The average molecular weight is 318 g/mol.